The lowest BCUT2D eigenvalue weighted by atomic mass is 9.89. The summed E-state index contributed by atoms with van der Waals surface area (Å²) in [5, 5.41) is 0. The van der Waals surface area contributed by atoms with Gasteiger partial charge < -0.3 is 0 Å². The molecule has 0 aliphatic carbocycles. The molecule has 0 bridgehead atoms. The fourth-order valence-electron chi connectivity index (χ4n) is 3.01. The molecule has 0 saturated carbocycles. The van der Waals surface area contributed by atoms with Gasteiger partial charge in [-0.05, 0) is 23.1 Å². The van der Waals surface area contributed by atoms with Gasteiger partial charge in [-0.15, -0.1) is 0 Å². The van der Waals surface area contributed by atoms with E-state index >= 15 is 0 Å². The van der Waals surface area contributed by atoms with Crippen molar-refractivity contribution in [3.8, 4) is 0 Å². The molecular formula is C22H22O3S. The topological polar surface area (TPSA) is 43.4 Å². The molecular weight excluding hydrogens is 344 g/mol. The van der Waals surface area contributed by atoms with Crippen LogP contribution in [0, 0.1) is 0 Å². The molecule has 0 atom stereocenters. The maximum Gasteiger partial charge on any atom is 0.271 e. The lowest BCUT2D eigenvalue weighted by Crippen LogP contribution is -2.12. The van der Waals surface area contributed by atoms with E-state index in [2.05, 4.69) is 24.3 Å². The highest BCUT2D eigenvalue weighted by Gasteiger charge is 2.17. The molecule has 0 aliphatic rings. The van der Waals surface area contributed by atoms with Crippen LogP contribution in [0.15, 0.2) is 91.0 Å². The second-order valence-corrected chi connectivity index (χ2v) is 7.81. The Labute approximate surface area is 155 Å². The first-order valence-corrected chi connectivity index (χ1v) is 10.2. The molecule has 0 amide bonds. The van der Waals surface area contributed by atoms with Gasteiger partial charge in [0.1, 0.15) is 5.75 Å². The van der Waals surface area contributed by atoms with Crippen molar-refractivity contribution in [3.05, 3.63) is 108 Å². The molecule has 0 unspecified atom stereocenters. The Morgan fingerprint density at radius 2 is 1.15 bits per heavy atom. The summed E-state index contributed by atoms with van der Waals surface area (Å²) in [6, 6.07) is 29.3. The quantitative estimate of drug-likeness (QED) is 0.540. The molecule has 0 saturated heterocycles. The van der Waals surface area contributed by atoms with Crippen LogP contribution in [0.4, 0.5) is 0 Å². The Balaban J connectivity index is 1.67. The van der Waals surface area contributed by atoms with Gasteiger partial charge in [0.15, 0.2) is 0 Å². The van der Waals surface area contributed by atoms with Gasteiger partial charge in [0.2, 0.25) is 0 Å². The first-order valence-electron chi connectivity index (χ1n) is 8.65. The Morgan fingerprint density at radius 1 is 0.692 bits per heavy atom. The standard InChI is InChI=1S/C22H22O3S/c23-26(24,18-19-10-4-1-5-11-19)25-17-16-22(20-12-6-2-7-13-20)21-14-8-3-9-15-21/h1-15,22H,16-18H2. The minimum atomic E-state index is -3.59. The molecule has 0 aromatic heterocycles. The molecule has 0 heterocycles. The van der Waals surface area contributed by atoms with Crippen molar-refractivity contribution in [2.45, 2.75) is 18.1 Å². The van der Waals surface area contributed by atoms with E-state index in [9.17, 15) is 8.42 Å². The number of benzene rings is 3. The van der Waals surface area contributed by atoms with Gasteiger partial charge >= 0.3 is 0 Å². The van der Waals surface area contributed by atoms with E-state index in [-0.39, 0.29) is 18.3 Å². The molecule has 0 spiro atoms. The Kier molecular flexibility index (Phi) is 6.21. The molecule has 3 nitrogen and oxygen atoms in total. The first-order chi connectivity index (χ1) is 12.6. The van der Waals surface area contributed by atoms with Crippen molar-refractivity contribution in [2.75, 3.05) is 6.61 Å². The predicted molar refractivity (Wildman–Crippen MR) is 104 cm³/mol. The summed E-state index contributed by atoms with van der Waals surface area (Å²) in [6.07, 6.45) is 0.599. The van der Waals surface area contributed by atoms with E-state index in [1.807, 2.05) is 54.6 Å². The molecule has 26 heavy (non-hydrogen) atoms. The lowest BCUT2D eigenvalue weighted by molar-refractivity contribution is 0.305. The average Bonchev–Trinajstić information content (AvgIpc) is 2.67. The SMILES string of the molecule is O=S(=O)(Cc1ccccc1)OCCC(c1ccccc1)c1ccccc1. The van der Waals surface area contributed by atoms with Crippen molar-refractivity contribution >= 4 is 10.1 Å². The summed E-state index contributed by atoms with van der Waals surface area (Å²) in [5.41, 5.74) is 3.04. The number of hydrogen-bond acceptors (Lipinski definition) is 3. The van der Waals surface area contributed by atoms with E-state index in [0.29, 0.717) is 6.42 Å². The zero-order chi connectivity index (χ0) is 18.2. The largest absolute Gasteiger partial charge is 0.271 e. The molecule has 4 heteroatoms. The Morgan fingerprint density at radius 3 is 1.65 bits per heavy atom. The monoisotopic (exact) mass is 366 g/mol. The van der Waals surface area contributed by atoms with Crippen molar-refractivity contribution in [1.82, 2.24) is 0 Å². The average molecular weight is 366 g/mol. The highest BCUT2D eigenvalue weighted by Crippen LogP contribution is 2.28. The normalized spacial score (nSPS) is 11.6. The van der Waals surface area contributed by atoms with Gasteiger partial charge in [-0.2, -0.15) is 8.42 Å². The molecule has 3 aromatic rings. The minimum Gasteiger partial charge on any atom is -0.270 e. The summed E-state index contributed by atoms with van der Waals surface area (Å²) in [5.74, 6) is -0.000776. The van der Waals surface area contributed by atoms with Crippen molar-refractivity contribution < 1.29 is 12.6 Å². The van der Waals surface area contributed by atoms with Crippen LogP contribution in [-0.4, -0.2) is 15.0 Å². The summed E-state index contributed by atoms with van der Waals surface area (Å²) < 4.78 is 29.7. The van der Waals surface area contributed by atoms with Crippen LogP contribution in [0.3, 0.4) is 0 Å². The highest BCUT2D eigenvalue weighted by atomic mass is 32.2. The van der Waals surface area contributed by atoms with Crippen LogP contribution < -0.4 is 0 Å². The van der Waals surface area contributed by atoms with Crippen molar-refractivity contribution in [2.24, 2.45) is 0 Å². The zero-order valence-electron chi connectivity index (χ0n) is 14.5. The highest BCUT2D eigenvalue weighted by molar-refractivity contribution is 7.85. The first kappa shape index (κ1) is 18.4. The van der Waals surface area contributed by atoms with Crippen molar-refractivity contribution in [1.29, 1.82) is 0 Å². The van der Waals surface area contributed by atoms with E-state index < -0.39 is 10.1 Å². The lowest BCUT2D eigenvalue weighted by Gasteiger charge is -2.18. The van der Waals surface area contributed by atoms with Gasteiger partial charge in [-0.3, -0.25) is 4.18 Å². The van der Waals surface area contributed by atoms with Gasteiger partial charge in [0, 0.05) is 5.92 Å². The zero-order valence-corrected chi connectivity index (χ0v) is 15.3. The van der Waals surface area contributed by atoms with E-state index in [1.54, 1.807) is 12.1 Å². The second-order valence-electron chi connectivity index (χ2n) is 6.17. The van der Waals surface area contributed by atoms with Gasteiger partial charge in [0.05, 0.1) is 6.61 Å². The van der Waals surface area contributed by atoms with Crippen LogP contribution >= 0.6 is 0 Å². The fraction of sp³-hybridized carbons (Fsp3) is 0.182. The molecule has 134 valence electrons. The smallest absolute Gasteiger partial charge is 0.270 e. The maximum absolute atomic E-state index is 12.2. The minimum absolute atomic E-state index is 0.101. The summed E-state index contributed by atoms with van der Waals surface area (Å²) >= 11 is 0. The fourth-order valence-corrected chi connectivity index (χ4v) is 4.04. The molecule has 0 aliphatic heterocycles. The van der Waals surface area contributed by atoms with Crippen molar-refractivity contribution in [3.63, 3.8) is 0 Å². The van der Waals surface area contributed by atoms with Crippen LogP contribution in [0.25, 0.3) is 0 Å². The third kappa shape index (κ3) is 5.28. The van der Waals surface area contributed by atoms with E-state index in [0.717, 1.165) is 16.7 Å². The Bertz CT molecular complexity index is 852. The summed E-state index contributed by atoms with van der Waals surface area (Å²) in [4.78, 5) is 0. The molecule has 0 N–H and O–H groups in total. The number of hydrogen-bond donors (Lipinski definition) is 0. The molecule has 3 aromatic carbocycles. The predicted octanol–water partition coefficient (Wildman–Crippen LogP) is 4.76. The third-order valence-corrected chi connectivity index (χ3v) is 5.47. The van der Waals surface area contributed by atoms with Crippen LogP contribution in [-0.2, 0) is 20.1 Å². The Hall–Kier alpha value is -2.43. The maximum atomic E-state index is 12.2. The van der Waals surface area contributed by atoms with Gasteiger partial charge in [-0.1, -0.05) is 91.0 Å². The van der Waals surface area contributed by atoms with E-state index in [4.69, 9.17) is 4.18 Å². The molecule has 3 rings (SSSR count). The van der Waals surface area contributed by atoms with E-state index in [1.165, 1.54) is 0 Å². The molecule has 0 radical (unpaired) electrons. The van der Waals surface area contributed by atoms with Gasteiger partial charge in [-0.25, -0.2) is 0 Å². The summed E-state index contributed by atoms with van der Waals surface area (Å²) in [6.45, 7) is 0.156. The van der Waals surface area contributed by atoms with Crippen LogP contribution in [0.5, 0.6) is 0 Å². The molecule has 0 fully saturated rings. The second kappa shape index (κ2) is 8.79. The van der Waals surface area contributed by atoms with Gasteiger partial charge in [0.25, 0.3) is 10.1 Å². The summed E-state index contributed by atoms with van der Waals surface area (Å²) in [7, 11) is -3.59. The van der Waals surface area contributed by atoms with Crippen LogP contribution in [0.1, 0.15) is 29.0 Å². The van der Waals surface area contributed by atoms with Crippen LogP contribution in [0.2, 0.25) is 0 Å². The third-order valence-electron chi connectivity index (χ3n) is 4.26. The number of rotatable bonds is 8.